The predicted octanol–water partition coefficient (Wildman–Crippen LogP) is 4.82. The van der Waals surface area contributed by atoms with Crippen LogP contribution in [0.4, 0.5) is 0 Å². The zero-order chi connectivity index (χ0) is 26.5. The highest BCUT2D eigenvalue weighted by Crippen LogP contribution is 2.55. The van der Waals surface area contributed by atoms with E-state index in [-0.39, 0.29) is 11.3 Å². The van der Waals surface area contributed by atoms with Crippen molar-refractivity contribution in [3.63, 3.8) is 0 Å². The average molecular weight is 505 g/mol. The summed E-state index contributed by atoms with van der Waals surface area (Å²) < 4.78 is 18.1. The molecule has 2 aromatic carbocycles. The van der Waals surface area contributed by atoms with E-state index >= 15 is 0 Å². The lowest BCUT2D eigenvalue weighted by molar-refractivity contribution is -0.231. The minimum Gasteiger partial charge on any atom is -0.465 e. The third kappa shape index (κ3) is 3.66. The summed E-state index contributed by atoms with van der Waals surface area (Å²) in [7, 11) is 4.12. The van der Waals surface area contributed by atoms with Crippen LogP contribution in [-0.4, -0.2) is 54.7 Å². The zero-order valence-electron chi connectivity index (χ0n) is 22.0. The normalized spacial score (nSPS) is 23.1. The van der Waals surface area contributed by atoms with Crippen molar-refractivity contribution in [2.75, 3.05) is 21.3 Å². The number of nitrogens with zero attached hydrogens (tertiary/aromatic N) is 2. The molecule has 0 bridgehead atoms. The van der Waals surface area contributed by atoms with Gasteiger partial charge in [0.25, 0.3) is 0 Å². The number of aromatic nitrogens is 1. The van der Waals surface area contributed by atoms with Crippen molar-refractivity contribution in [3.05, 3.63) is 65.4 Å². The van der Waals surface area contributed by atoms with Gasteiger partial charge in [-0.2, -0.15) is 0 Å². The van der Waals surface area contributed by atoms with Gasteiger partial charge < -0.3 is 23.6 Å². The quantitative estimate of drug-likeness (QED) is 0.446. The van der Waals surface area contributed by atoms with Gasteiger partial charge in [0.1, 0.15) is 17.3 Å². The number of carbonyl (C=O) groups is 2. The Bertz CT molecular complexity index is 1470. The second kappa shape index (κ2) is 9.04. The Balaban J connectivity index is 1.68. The maximum Gasteiger partial charge on any atom is 0.376 e. The summed E-state index contributed by atoms with van der Waals surface area (Å²) in [6, 6.07) is 14.7. The number of hydroxylamine groups is 2. The van der Waals surface area contributed by atoms with Crippen molar-refractivity contribution in [2.45, 2.75) is 45.5 Å². The van der Waals surface area contributed by atoms with Gasteiger partial charge in [-0.3, -0.25) is 0 Å². The molecule has 3 aromatic rings. The second-order valence-corrected chi connectivity index (χ2v) is 10.2. The average Bonchev–Trinajstić information content (AvgIpc) is 3.46. The van der Waals surface area contributed by atoms with Crippen LogP contribution in [0.25, 0.3) is 27.9 Å². The number of carbonyl (C=O) groups excluding carboxylic acids is 2. The van der Waals surface area contributed by atoms with Gasteiger partial charge in [0.2, 0.25) is 5.76 Å². The third-order valence-electron chi connectivity index (χ3n) is 7.50. The molecule has 194 valence electrons. The van der Waals surface area contributed by atoms with Crippen LogP contribution in [0.1, 0.15) is 32.8 Å². The minimum absolute atomic E-state index is 0.106. The smallest absolute Gasteiger partial charge is 0.376 e. The van der Waals surface area contributed by atoms with Crippen LogP contribution in [0.2, 0.25) is 0 Å². The highest BCUT2D eigenvalue weighted by Gasteiger charge is 2.65. The van der Waals surface area contributed by atoms with Crippen LogP contribution in [-0.2, 0) is 35.2 Å². The van der Waals surface area contributed by atoms with Crippen LogP contribution in [0, 0.1) is 5.41 Å². The molecule has 3 heterocycles. The van der Waals surface area contributed by atoms with Gasteiger partial charge in [-0.1, -0.05) is 55.3 Å². The summed E-state index contributed by atoms with van der Waals surface area (Å²) in [6.07, 6.45) is 3.81. The van der Waals surface area contributed by atoms with E-state index in [1.165, 1.54) is 25.1 Å². The Morgan fingerprint density at radius 1 is 1.03 bits per heavy atom. The first-order valence-electron chi connectivity index (χ1n) is 12.3. The number of benzene rings is 2. The van der Waals surface area contributed by atoms with Crippen molar-refractivity contribution >= 4 is 39.8 Å². The maximum absolute atomic E-state index is 13.1. The molecule has 0 radical (unpaired) electrons. The van der Waals surface area contributed by atoms with E-state index in [0.717, 1.165) is 23.0 Å². The lowest BCUT2D eigenvalue weighted by Gasteiger charge is -2.31. The number of para-hydroxylation sites is 1. The fourth-order valence-electron chi connectivity index (χ4n) is 6.04. The van der Waals surface area contributed by atoms with Crippen molar-refractivity contribution in [1.29, 1.82) is 0 Å². The Morgan fingerprint density at radius 2 is 1.73 bits per heavy atom. The molecule has 0 amide bonds. The first-order chi connectivity index (χ1) is 17.7. The second-order valence-electron chi connectivity index (χ2n) is 10.2. The van der Waals surface area contributed by atoms with Crippen LogP contribution < -0.4 is 0 Å². The van der Waals surface area contributed by atoms with Crippen molar-refractivity contribution in [1.82, 2.24) is 9.63 Å². The minimum atomic E-state index is -1.09. The molecule has 0 spiro atoms. The van der Waals surface area contributed by atoms with E-state index in [1.54, 1.807) is 12.2 Å². The summed E-state index contributed by atoms with van der Waals surface area (Å²) in [5.74, 6) is -1.58. The van der Waals surface area contributed by atoms with Gasteiger partial charge in [0.15, 0.2) is 0 Å². The molecular formula is C29H32N2O6. The molecule has 2 aliphatic rings. The number of methoxy groups -OCH3 is 3. The van der Waals surface area contributed by atoms with Crippen molar-refractivity contribution < 1.29 is 28.6 Å². The molecule has 2 aliphatic heterocycles. The van der Waals surface area contributed by atoms with Gasteiger partial charge in [0.05, 0.1) is 14.2 Å². The summed E-state index contributed by atoms with van der Waals surface area (Å²) in [5, 5.41) is 3.92. The summed E-state index contributed by atoms with van der Waals surface area (Å²) in [4.78, 5) is 31.7. The molecule has 37 heavy (non-hydrogen) atoms. The number of aryl methyl sites for hydroxylation is 1. The zero-order valence-corrected chi connectivity index (χ0v) is 22.0. The molecule has 0 saturated carbocycles. The van der Waals surface area contributed by atoms with Crippen molar-refractivity contribution in [3.8, 4) is 0 Å². The molecule has 1 saturated heterocycles. The number of hydrogen-bond acceptors (Lipinski definition) is 7. The molecule has 0 N–H and O–H groups in total. The fourth-order valence-corrected chi connectivity index (χ4v) is 6.04. The lowest BCUT2D eigenvalue weighted by Crippen LogP contribution is -2.45. The number of hydrogen-bond donors (Lipinski definition) is 0. The topological polar surface area (TPSA) is 79.2 Å². The highest BCUT2D eigenvalue weighted by atomic mass is 16.7. The molecule has 0 unspecified atom stereocenters. The fraction of sp³-hybridized carbons (Fsp3) is 0.379. The van der Waals surface area contributed by atoms with E-state index in [0.29, 0.717) is 6.42 Å². The van der Waals surface area contributed by atoms with E-state index in [1.807, 2.05) is 32.1 Å². The summed E-state index contributed by atoms with van der Waals surface area (Å²) in [6.45, 7) is 7.08. The molecule has 2 atom stereocenters. The molecule has 5 rings (SSSR count). The highest BCUT2D eigenvalue weighted by molar-refractivity contribution is 6.08. The number of fused-ring (bicyclic) bond motifs is 4. The Labute approximate surface area is 216 Å². The molecular weight excluding hydrogens is 472 g/mol. The van der Waals surface area contributed by atoms with E-state index < -0.39 is 29.1 Å². The van der Waals surface area contributed by atoms with Crippen LogP contribution in [0.15, 0.2) is 59.9 Å². The first kappa shape index (κ1) is 25.0. The molecule has 0 aliphatic carbocycles. The predicted molar refractivity (Wildman–Crippen MR) is 140 cm³/mol. The Kier molecular flexibility index (Phi) is 6.12. The van der Waals surface area contributed by atoms with Gasteiger partial charge in [0, 0.05) is 40.9 Å². The molecule has 8 nitrogen and oxygen atoms in total. The number of esters is 2. The van der Waals surface area contributed by atoms with Crippen LogP contribution in [0.3, 0.4) is 0 Å². The largest absolute Gasteiger partial charge is 0.465 e. The number of rotatable bonds is 6. The van der Waals surface area contributed by atoms with Gasteiger partial charge >= 0.3 is 11.9 Å². The molecule has 1 fully saturated rings. The Morgan fingerprint density at radius 3 is 2.41 bits per heavy atom. The maximum atomic E-state index is 13.1. The van der Waals surface area contributed by atoms with E-state index in [4.69, 9.17) is 19.0 Å². The van der Waals surface area contributed by atoms with Gasteiger partial charge in [-0.15, -0.1) is 0 Å². The van der Waals surface area contributed by atoms with Crippen LogP contribution in [0.5, 0.6) is 0 Å². The Hall–Kier alpha value is -3.62. The lowest BCUT2D eigenvalue weighted by atomic mass is 9.78. The first-order valence-corrected chi connectivity index (χ1v) is 12.3. The molecule has 1 aromatic heterocycles. The van der Waals surface area contributed by atoms with Crippen LogP contribution >= 0.6 is 0 Å². The van der Waals surface area contributed by atoms with E-state index in [2.05, 4.69) is 47.9 Å². The van der Waals surface area contributed by atoms with Gasteiger partial charge in [-0.05, 0) is 37.1 Å². The standard InChI is InChI=1S/C29H32N2O6/c1-7-30-21-11-9-8-10-19(21)20-16-18(12-13-22(20)30)14-15-29-17-28(2,3)27(36-6)31(29)37-24(26(33)35-5)23(29)25(32)34-4/h8-16,27H,7,17H2,1-6H3/b15-14+/t27-,29+/m0/s1. The third-order valence-corrected chi connectivity index (χ3v) is 7.50. The van der Waals surface area contributed by atoms with Crippen molar-refractivity contribution in [2.24, 2.45) is 5.41 Å². The summed E-state index contributed by atoms with van der Waals surface area (Å²) >= 11 is 0. The number of ether oxygens (including phenoxy) is 3. The van der Waals surface area contributed by atoms with E-state index in [9.17, 15) is 9.59 Å². The molecule has 8 heteroatoms. The van der Waals surface area contributed by atoms with Gasteiger partial charge in [-0.25, -0.2) is 9.59 Å². The summed E-state index contributed by atoms with van der Waals surface area (Å²) in [5.41, 5.74) is 1.92. The SMILES string of the molecule is CCn1c2ccccc2c2cc(/C=C/[C@]34CC(C)(C)[C@H](OC)N3OC(C(=O)OC)=C4C(=O)OC)ccc21. The monoisotopic (exact) mass is 504 g/mol.